The molecule has 0 fully saturated rings. The van der Waals surface area contributed by atoms with Gasteiger partial charge in [0.2, 0.25) is 0 Å². The molecule has 9 heteroatoms. The van der Waals surface area contributed by atoms with Gasteiger partial charge in [0.15, 0.2) is 9.84 Å². The second kappa shape index (κ2) is 7.10. The van der Waals surface area contributed by atoms with Gasteiger partial charge in [-0.3, -0.25) is 4.79 Å². The summed E-state index contributed by atoms with van der Waals surface area (Å²) in [4.78, 5) is 11.7. The van der Waals surface area contributed by atoms with E-state index in [1.54, 1.807) is 18.2 Å². The predicted octanol–water partition coefficient (Wildman–Crippen LogP) is 0.176. The third kappa shape index (κ3) is 3.74. The molecule has 0 spiro atoms. The van der Waals surface area contributed by atoms with E-state index < -0.39 is 42.1 Å². The van der Waals surface area contributed by atoms with E-state index in [4.69, 9.17) is 14.5 Å². The van der Waals surface area contributed by atoms with Crippen LogP contribution in [0.4, 0.5) is 5.69 Å². The van der Waals surface area contributed by atoms with E-state index in [0.29, 0.717) is 11.0 Å². The van der Waals surface area contributed by atoms with Gasteiger partial charge in [0.05, 0.1) is 34.8 Å². The zero-order valence-corrected chi connectivity index (χ0v) is 14.5. The minimum Gasteiger partial charge on any atom is -0.469 e. The van der Waals surface area contributed by atoms with Crippen molar-refractivity contribution in [3.8, 4) is 0 Å². The molecule has 2 aromatic rings. The number of ether oxygens (including phenoxy) is 1. The lowest BCUT2D eigenvalue weighted by Gasteiger charge is -2.12. The number of benzene rings is 2. The van der Waals surface area contributed by atoms with Crippen LogP contribution in [0.2, 0.25) is 0 Å². The minimum absolute atomic E-state index is 0.0452. The molecule has 0 saturated heterocycles. The van der Waals surface area contributed by atoms with Gasteiger partial charge in [0.1, 0.15) is 0 Å². The molecule has 0 saturated carbocycles. The van der Waals surface area contributed by atoms with Gasteiger partial charge in [-0.25, -0.2) is 8.42 Å². The van der Waals surface area contributed by atoms with Crippen molar-refractivity contribution in [1.82, 2.24) is 0 Å². The van der Waals surface area contributed by atoms with E-state index in [9.17, 15) is 18.2 Å². The first-order valence-electron chi connectivity index (χ1n) is 9.19. The molecular formula is C17H18BNO6S. The fraction of sp³-hybridized carbons (Fsp3) is 0.235. The first-order chi connectivity index (χ1) is 13.4. The predicted molar refractivity (Wildman–Crippen MR) is 96.3 cm³/mol. The lowest BCUT2D eigenvalue weighted by atomic mass is 9.79. The molecule has 1 heterocycles. The maximum Gasteiger partial charge on any atom is 0.491 e. The minimum atomic E-state index is -3.91. The van der Waals surface area contributed by atoms with Crippen molar-refractivity contribution in [1.29, 1.82) is 0 Å². The summed E-state index contributed by atoms with van der Waals surface area (Å²) in [5.41, 5.74) is 7.69. The Kier molecular flexibility index (Phi) is 4.04. The molecule has 0 atom stereocenters. The molecule has 136 valence electrons. The number of rotatable bonds is 5. The highest BCUT2D eigenvalue weighted by Crippen LogP contribution is 2.24. The van der Waals surface area contributed by atoms with Gasteiger partial charge in [-0.15, -0.1) is 0 Å². The van der Waals surface area contributed by atoms with Crippen molar-refractivity contribution in [3.05, 3.63) is 53.1 Å². The van der Waals surface area contributed by atoms with Crippen LogP contribution in [0.25, 0.3) is 0 Å². The standard InChI is InChI=1S/C17H18BNO6S/c1-24-17(20)8-13-7-14(19)4-5-16(13)26(22,23)10-11-2-3-12-9-25-18(21)15(12)6-11/h2-7,21H,8-10,19H2,1H3/i1D3. The van der Waals surface area contributed by atoms with E-state index in [2.05, 4.69) is 4.74 Å². The van der Waals surface area contributed by atoms with Crippen molar-refractivity contribution in [3.63, 3.8) is 0 Å². The molecule has 1 aliphatic rings. The average molecular weight is 378 g/mol. The number of fused-ring (bicyclic) bond motifs is 1. The Balaban J connectivity index is 1.89. The fourth-order valence-corrected chi connectivity index (χ4v) is 4.46. The quantitative estimate of drug-likeness (QED) is 0.433. The normalized spacial score (nSPS) is 15.7. The highest BCUT2D eigenvalue weighted by atomic mass is 32.2. The van der Waals surface area contributed by atoms with E-state index in [-0.39, 0.29) is 22.8 Å². The van der Waals surface area contributed by atoms with Crippen molar-refractivity contribution in [2.75, 3.05) is 12.8 Å². The van der Waals surface area contributed by atoms with Crippen LogP contribution in [0.1, 0.15) is 20.8 Å². The van der Waals surface area contributed by atoms with E-state index >= 15 is 0 Å². The Morgan fingerprint density at radius 2 is 2.19 bits per heavy atom. The molecule has 0 amide bonds. The second-order valence-corrected chi connectivity index (χ2v) is 7.93. The summed E-state index contributed by atoms with van der Waals surface area (Å²) in [6, 6.07) is 8.82. The van der Waals surface area contributed by atoms with Gasteiger partial charge < -0.3 is 20.1 Å². The summed E-state index contributed by atoms with van der Waals surface area (Å²) in [5.74, 6) is -1.48. The zero-order chi connectivity index (χ0) is 21.4. The van der Waals surface area contributed by atoms with Crippen LogP contribution in [-0.2, 0) is 42.8 Å². The van der Waals surface area contributed by atoms with Gasteiger partial charge in [0, 0.05) is 5.69 Å². The topological polar surface area (TPSA) is 116 Å². The molecule has 3 rings (SSSR count). The lowest BCUT2D eigenvalue weighted by molar-refractivity contribution is -0.139. The van der Waals surface area contributed by atoms with Crippen LogP contribution in [0.15, 0.2) is 41.3 Å². The maximum absolute atomic E-state index is 13.0. The van der Waals surface area contributed by atoms with Gasteiger partial charge in [-0.1, -0.05) is 18.2 Å². The molecule has 26 heavy (non-hydrogen) atoms. The van der Waals surface area contributed by atoms with Gasteiger partial charge in [-0.2, -0.15) is 0 Å². The lowest BCUT2D eigenvalue weighted by Crippen LogP contribution is -2.28. The number of methoxy groups -OCH3 is 1. The fourth-order valence-electron chi connectivity index (χ4n) is 2.88. The second-order valence-electron chi connectivity index (χ2n) is 5.97. The number of hydrogen-bond donors (Lipinski definition) is 2. The van der Waals surface area contributed by atoms with E-state index in [1.807, 2.05) is 0 Å². The third-order valence-corrected chi connectivity index (χ3v) is 5.88. The molecule has 3 N–H and O–H groups in total. The Labute approximate surface area is 156 Å². The summed E-state index contributed by atoms with van der Waals surface area (Å²) in [7, 11) is -7.94. The van der Waals surface area contributed by atoms with Gasteiger partial charge >= 0.3 is 13.1 Å². The number of anilines is 1. The summed E-state index contributed by atoms with van der Waals surface area (Å²) in [6.45, 7) is 0.247. The Bertz CT molecular complexity index is 1060. The van der Waals surface area contributed by atoms with Crippen LogP contribution in [0.3, 0.4) is 0 Å². The van der Waals surface area contributed by atoms with E-state index in [1.165, 1.54) is 18.2 Å². The molecule has 0 unspecified atom stereocenters. The maximum atomic E-state index is 13.0. The largest absolute Gasteiger partial charge is 0.491 e. The van der Waals surface area contributed by atoms with Crippen LogP contribution in [-0.4, -0.2) is 33.6 Å². The number of hydrogen-bond acceptors (Lipinski definition) is 7. The molecule has 0 bridgehead atoms. The smallest absolute Gasteiger partial charge is 0.469 e. The van der Waals surface area contributed by atoms with Crippen molar-refractivity contribution >= 4 is 34.1 Å². The SMILES string of the molecule is [2H]C([2H])([2H])OC(=O)Cc1cc(N)ccc1S(=O)(=O)Cc1ccc2c(c1)B(O)OC2. The molecular weight excluding hydrogens is 357 g/mol. The van der Waals surface area contributed by atoms with Crippen molar-refractivity contribution in [2.45, 2.75) is 23.7 Å². The average Bonchev–Trinajstić information content (AvgIpc) is 2.93. The Morgan fingerprint density at radius 1 is 1.38 bits per heavy atom. The number of nitrogens with two attached hydrogens (primary N) is 1. The molecule has 1 aliphatic heterocycles. The molecule has 7 nitrogen and oxygen atoms in total. The zero-order valence-electron chi connectivity index (χ0n) is 16.6. The summed E-state index contributed by atoms with van der Waals surface area (Å²) < 4.78 is 56.4. The summed E-state index contributed by atoms with van der Waals surface area (Å²) >= 11 is 0. The number of carbonyl (C=O) groups excluding carboxylic acids is 1. The number of carbonyl (C=O) groups is 1. The first kappa shape index (κ1) is 14.8. The van der Waals surface area contributed by atoms with Crippen LogP contribution in [0, 0.1) is 0 Å². The van der Waals surface area contributed by atoms with Crippen LogP contribution in [0.5, 0.6) is 0 Å². The van der Waals surface area contributed by atoms with Crippen LogP contribution >= 0.6 is 0 Å². The monoisotopic (exact) mass is 378 g/mol. The van der Waals surface area contributed by atoms with Gasteiger partial charge in [0.25, 0.3) is 0 Å². The first-order valence-corrected chi connectivity index (χ1v) is 9.34. The number of nitrogen functional groups attached to an aromatic ring is 1. The summed E-state index contributed by atoms with van der Waals surface area (Å²) in [5, 5.41) is 9.80. The third-order valence-electron chi connectivity index (χ3n) is 4.10. The summed E-state index contributed by atoms with van der Waals surface area (Å²) in [6.07, 6.45) is -0.561. The molecule has 2 aromatic carbocycles. The number of esters is 1. The number of sulfone groups is 1. The van der Waals surface area contributed by atoms with E-state index in [0.717, 1.165) is 5.56 Å². The van der Waals surface area contributed by atoms with Crippen molar-refractivity contribution in [2.24, 2.45) is 0 Å². The van der Waals surface area contributed by atoms with Crippen molar-refractivity contribution < 1.29 is 31.7 Å². The highest BCUT2D eigenvalue weighted by molar-refractivity contribution is 7.90. The Morgan fingerprint density at radius 3 is 2.96 bits per heavy atom. The molecule has 0 aromatic heterocycles. The van der Waals surface area contributed by atoms with Crippen LogP contribution < -0.4 is 11.2 Å². The Hall–Kier alpha value is -2.36. The highest BCUT2D eigenvalue weighted by Gasteiger charge is 2.28. The van der Waals surface area contributed by atoms with Gasteiger partial charge in [-0.05, 0) is 40.4 Å². The molecule has 0 radical (unpaired) electrons. The molecule has 0 aliphatic carbocycles.